The minimum Gasteiger partial charge on any atom is -0.490 e. The average molecular weight is 383 g/mol. The predicted molar refractivity (Wildman–Crippen MR) is 95.8 cm³/mol. The van der Waals surface area contributed by atoms with Gasteiger partial charge in [0.05, 0.1) is 24.7 Å². The second-order valence-corrected chi connectivity index (χ2v) is 8.54. The van der Waals surface area contributed by atoms with Gasteiger partial charge in [-0.3, -0.25) is 0 Å². The van der Waals surface area contributed by atoms with Crippen LogP contribution in [0.25, 0.3) is 0 Å². The van der Waals surface area contributed by atoms with Crippen LogP contribution in [0.15, 0.2) is 40.6 Å². The van der Waals surface area contributed by atoms with Gasteiger partial charge in [-0.1, -0.05) is 6.07 Å². The lowest BCUT2D eigenvalue weighted by Gasteiger charge is -2.22. The van der Waals surface area contributed by atoms with Gasteiger partial charge in [-0.05, 0) is 23.6 Å². The van der Waals surface area contributed by atoms with Crippen LogP contribution in [0.4, 0.5) is 0 Å². The molecule has 0 spiro atoms. The molecule has 2 heterocycles. The summed E-state index contributed by atoms with van der Waals surface area (Å²) in [5, 5.41) is 1.93. The Kier molecular flexibility index (Phi) is 5.95. The molecule has 6 nitrogen and oxygen atoms in total. The third-order valence-corrected chi connectivity index (χ3v) is 6.52. The Morgan fingerprint density at radius 3 is 2.72 bits per heavy atom. The van der Waals surface area contributed by atoms with E-state index in [2.05, 4.69) is 0 Å². The Hall–Kier alpha value is -1.61. The monoisotopic (exact) mass is 383 g/mol. The largest absolute Gasteiger partial charge is 0.490 e. The number of nitrogens with zero attached hydrogens (tertiary/aromatic N) is 1. The smallest absolute Gasteiger partial charge is 0.243 e. The number of fused-ring (bicyclic) bond motifs is 1. The first-order chi connectivity index (χ1) is 12.1. The first kappa shape index (κ1) is 18.2. The van der Waals surface area contributed by atoms with Crippen molar-refractivity contribution in [2.75, 3.05) is 33.5 Å². The molecule has 0 bridgehead atoms. The van der Waals surface area contributed by atoms with Gasteiger partial charge in [0, 0.05) is 37.6 Å². The number of ether oxygens (including phenoxy) is 3. The van der Waals surface area contributed by atoms with Crippen LogP contribution < -0.4 is 9.47 Å². The number of rotatable bonds is 7. The Morgan fingerprint density at radius 2 is 2.00 bits per heavy atom. The Balaban J connectivity index is 1.89. The molecular weight excluding hydrogens is 362 g/mol. The Morgan fingerprint density at radius 1 is 1.20 bits per heavy atom. The molecule has 0 saturated carbocycles. The normalized spacial score (nSPS) is 14.5. The van der Waals surface area contributed by atoms with Crippen molar-refractivity contribution in [1.29, 1.82) is 0 Å². The summed E-state index contributed by atoms with van der Waals surface area (Å²) in [4.78, 5) is 1.18. The maximum atomic E-state index is 13.1. The molecule has 8 heteroatoms. The summed E-state index contributed by atoms with van der Waals surface area (Å²) in [5.74, 6) is 1.06. The summed E-state index contributed by atoms with van der Waals surface area (Å²) in [7, 11) is -2.11. The molecule has 136 valence electrons. The minimum atomic E-state index is -3.67. The van der Waals surface area contributed by atoms with E-state index in [9.17, 15) is 8.42 Å². The molecule has 0 radical (unpaired) electrons. The number of benzene rings is 1. The summed E-state index contributed by atoms with van der Waals surface area (Å²) in [6, 6.07) is 8.61. The van der Waals surface area contributed by atoms with Gasteiger partial charge in [0.15, 0.2) is 11.5 Å². The fourth-order valence-corrected chi connectivity index (χ4v) is 4.73. The second-order valence-electron chi connectivity index (χ2n) is 5.57. The first-order valence-corrected chi connectivity index (χ1v) is 10.3. The van der Waals surface area contributed by atoms with Crippen molar-refractivity contribution in [3.63, 3.8) is 0 Å². The van der Waals surface area contributed by atoms with Crippen LogP contribution >= 0.6 is 11.3 Å². The topological polar surface area (TPSA) is 65.1 Å². The highest BCUT2D eigenvalue weighted by atomic mass is 32.2. The maximum absolute atomic E-state index is 13.1. The molecule has 2 aromatic rings. The van der Waals surface area contributed by atoms with E-state index in [0.29, 0.717) is 37.9 Å². The number of methoxy groups -OCH3 is 1. The van der Waals surface area contributed by atoms with Crippen molar-refractivity contribution >= 4 is 21.4 Å². The van der Waals surface area contributed by atoms with Crippen molar-refractivity contribution in [2.45, 2.75) is 17.9 Å². The maximum Gasteiger partial charge on any atom is 0.243 e. The van der Waals surface area contributed by atoms with E-state index in [1.165, 1.54) is 15.6 Å². The molecule has 1 aliphatic rings. The van der Waals surface area contributed by atoms with E-state index in [1.54, 1.807) is 25.3 Å². The summed E-state index contributed by atoms with van der Waals surface area (Å²) in [5.41, 5.74) is 0. The lowest BCUT2D eigenvalue weighted by atomic mass is 10.3. The zero-order chi connectivity index (χ0) is 17.7. The summed E-state index contributed by atoms with van der Waals surface area (Å²) in [6.45, 7) is 2.01. The molecule has 0 aliphatic carbocycles. The standard InChI is InChI=1S/C17H21NO5S2/c1-21-10-7-18(13-14-4-2-11-24-14)25(19,20)15-5-6-16-17(12-15)23-9-3-8-22-16/h2,4-6,11-12H,3,7-10,13H2,1H3. The fraction of sp³-hybridized carbons (Fsp3) is 0.412. The molecule has 3 rings (SSSR count). The third-order valence-electron chi connectivity index (χ3n) is 3.81. The molecule has 1 aromatic heterocycles. The van der Waals surface area contributed by atoms with E-state index in [1.807, 2.05) is 17.5 Å². The summed E-state index contributed by atoms with van der Waals surface area (Å²) in [6.07, 6.45) is 0.773. The van der Waals surface area contributed by atoms with Gasteiger partial charge >= 0.3 is 0 Å². The summed E-state index contributed by atoms with van der Waals surface area (Å²) < 4.78 is 43.9. The Labute approximate surface area is 152 Å². The predicted octanol–water partition coefficient (Wildman–Crippen LogP) is 2.75. The van der Waals surface area contributed by atoms with Gasteiger partial charge in [-0.25, -0.2) is 8.42 Å². The molecule has 1 aliphatic heterocycles. The molecule has 25 heavy (non-hydrogen) atoms. The van der Waals surface area contributed by atoms with Crippen LogP contribution in [-0.4, -0.2) is 46.2 Å². The van der Waals surface area contributed by atoms with Gasteiger partial charge in [0.2, 0.25) is 10.0 Å². The van der Waals surface area contributed by atoms with Crippen LogP contribution in [0.5, 0.6) is 11.5 Å². The highest BCUT2D eigenvalue weighted by molar-refractivity contribution is 7.89. The lowest BCUT2D eigenvalue weighted by Crippen LogP contribution is -2.33. The van der Waals surface area contributed by atoms with Gasteiger partial charge in [0.1, 0.15) is 0 Å². The van der Waals surface area contributed by atoms with E-state index in [4.69, 9.17) is 14.2 Å². The van der Waals surface area contributed by atoms with Crippen LogP contribution in [0.3, 0.4) is 0 Å². The van der Waals surface area contributed by atoms with Crippen molar-refractivity contribution in [2.24, 2.45) is 0 Å². The second kappa shape index (κ2) is 8.18. The average Bonchev–Trinajstić information content (AvgIpc) is 3.01. The van der Waals surface area contributed by atoms with Gasteiger partial charge in [-0.15, -0.1) is 11.3 Å². The zero-order valence-electron chi connectivity index (χ0n) is 14.0. The van der Waals surface area contributed by atoms with Gasteiger partial charge in [-0.2, -0.15) is 4.31 Å². The van der Waals surface area contributed by atoms with Crippen LogP contribution in [0.1, 0.15) is 11.3 Å². The SMILES string of the molecule is COCCN(Cc1cccs1)S(=O)(=O)c1ccc2c(c1)OCCCO2. The number of thiophene rings is 1. The van der Waals surface area contributed by atoms with E-state index in [-0.39, 0.29) is 11.4 Å². The number of hydrogen-bond donors (Lipinski definition) is 0. The van der Waals surface area contributed by atoms with Crippen LogP contribution in [-0.2, 0) is 21.3 Å². The van der Waals surface area contributed by atoms with E-state index < -0.39 is 10.0 Å². The van der Waals surface area contributed by atoms with Gasteiger partial charge < -0.3 is 14.2 Å². The highest BCUT2D eigenvalue weighted by Crippen LogP contribution is 2.33. The van der Waals surface area contributed by atoms with Crippen LogP contribution in [0, 0.1) is 0 Å². The van der Waals surface area contributed by atoms with Crippen LogP contribution in [0.2, 0.25) is 0 Å². The van der Waals surface area contributed by atoms with Crippen molar-refractivity contribution < 1.29 is 22.6 Å². The van der Waals surface area contributed by atoms with E-state index in [0.717, 1.165) is 11.3 Å². The van der Waals surface area contributed by atoms with Crippen molar-refractivity contribution in [1.82, 2.24) is 4.31 Å². The quantitative estimate of drug-likeness (QED) is 0.736. The molecule has 0 unspecified atom stereocenters. The molecule has 0 N–H and O–H groups in total. The minimum absolute atomic E-state index is 0.199. The molecule has 1 aromatic carbocycles. The van der Waals surface area contributed by atoms with Gasteiger partial charge in [0.25, 0.3) is 0 Å². The lowest BCUT2D eigenvalue weighted by molar-refractivity contribution is 0.177. The molecule has 0 atom stereocenters. The number of hydrogen-bond acceptors (Lipinski definition) is 6. The van der Waals surface area contributed by atoms with Crippen molar-refractivity contribution in [3.05, 3.63) is 40.6 Å². The number of sulfonamides is 1. The fourth-order valence-electron chi connectivity index (χ4n) is 2.51. The third kappa shape index (κ3) is 4.33. The van der Waals surface area contributed by atoms with E-state index >= 15 is 0 Å². The first-order valence-electron chi connectivity index (χ1n) is 8.02. The Bertz CT molecular complexity index is 789. The molecule has 0 fully saturated rings. The molecular formula is C17H21NO5S2. The highest BCUT2D eigenvalue weighted by Gasteiger charge is 2.26. The van der Waals surface area contributed by atoms with Crippen molar-refractivity contribution in [3.8, 4) is 11.5 Å². The molecule has 0 amide bonds. The molecule has 0 saturated heterocycles. The summed E-state index contributed by atoms with van der Waals surface area (Å²) >= 11 is 1.53. The zero-order valence-corrected chi connectivity index (χ0v) is 15.6.